The molecule has 9 heteroatoms. The van der Waals surface area contributed by atoms with Gasteiger partial charge < -0.3 is 5.32 Å². The minimum absolute atomic E-state index is 0.173. The maximum Gasteiger partial charge on any atom is 0.275 e. The summed E-state index contributed by atoms with van der Waals surface area (Å²) in [7, 11) is 0. The fraction of sp³-hybridized carbons (Fsp3) is 0.200. The number of tetrazole rings is 1. The molecular weight excluding hydrogens is 370 g/mol. The standard InChI is InChI=1S/C20H17N7O2/c28-18(12-26-20(29)17-7-2-1-4-14(17)11-21-26)22-15-6-3-5-13(10-15)19-23-24-25-27(19)16-8-9-16/h1-7,10-11,16H,8-9,12H2,(H,22,28). The number of fused-ring (bicyclic) bond motifs is 1. The number of amides is 1. The van der Waals surface area contributed by atoms with Gasteiger partial charge in [0.25, 0.3) is 5.56 Å². The van der Waals surface area contributed by atoms with E-state index < -0.39 is 0 Å². The van der Waals surface area contributed by atoms with Crippen molar-refractivity contribution >= 4 is 22.4 Å². The maximum absolute atomic E-state index is 12.5. The van der Waals surface area contributed by atoms with Gasteiger partial charge in [-0.2, -0.15) is 5.10 Å². The van der Waals surface area contributed by atoms with E-state index >= 15 is 0 Å². The Morgan fingerprint density at radius 3 is 2.86 bits per heavy atom. The van der Waals surface area contributed by atoms with Crippen LogP contribution < -0.4 is 10.9 Å². The van der Waals surface area contributed by atoms with E-state index in [1.807, 2.05) is 35.0 Å². The summed E-state index contributed by atoms with van der Waals surface area (Å²) in [6, 6.07) is 14.8. The Hall–Kier alpha value is -3.88. The Morgan fingerprint density at radius 2 is 2.00 bits per heavy atom. The Kier molecular flexibility index (Phi) is 4.12. The van der Waals surface area contributed by atoms with Gasteiger partial charge in [-0.15, -0.1) is 5.10 Å². The van der Waals surface area contributed by atoms with Crippen molar-refractivity contribution in [1.29, 1.82) is 0 Å². The molecular formula is C20H17N7O2. The molecule has 1 amide bonds. The van der Waals surface area contributed by atoms with Crippen LogP contribution in [-0.2, 0) is 11.3 Å². The van der Waals surface area contributed by atoms with E-state index in [4.69, 9.17) is 0 Å². The van der Waals surface area contributed by atoms with Gasteiger partial charge in [-0.1, -0.05) is 30.3 Å². The number of hydrogen-bond donors (Lipinski definition) is 1. The fourth-order valence-corrected chi connectivity index (χ4v) is 3.26. The predicted molar refractivity (Wildman–Crippen MR) is 106 cm³/mol. The molecule has 4 aromatic rings. The molecule has 2 aromatic carbocycles. The van der Waals surface area contributed by atoms with Crippen LogP contribution >= 0.6 is 0 Å². The summed E-state index contributed by atoms with van der Waals surface area (Å²) in [6.07, 6.45) is 3.73. The third-order valence-electron chi connectivity index (χ3n) is 4.85. The molecule has 0 radical (unpaired) electrons. The molecule has 9 nitrogen and oxygen atoms in total. The normalized spacial score (nSPS) is 13.5. The molecule has 1 aliphatic carbocycles. The quantitative estimate of drug-likeness (QED) is 0.561. The van der Waals surface area contributed by atoms with Gasteiger partial charge in [0, 0.05) is 16.6 Å². The number of nitrogens with one attached hydrogen (secondary N) is 1. The number of benzene rings is 2. The third kappa shape index (κ3) is 3.38. The number of anilines is 1. The highest BCUT2D eigenvalue weighted by Crippen LogP contribution is 2.36. The number of rotatable bonds is 5. The summed E-state index contributed by atoms with van der Waals surface area (Å²) in [5, 5.41) is 20.1. The lowest BCUT2D eigenvalue weighted by Crippen LogP contribution is -2.29. The van der Waals surface area contributed by atoms with Gasteiger partial charge in [-0.05, 0) is 41.5 Å². The summed E-state index contributed by atoms with van der Waals surface area (Å²) in [5.74, 6) is 0.338. The van der Waals surface area contributed by atoms with Gasteiger partial charge in [-0.25, -0.2) is 9.36 Å². The highest BCUT2D eigenvalue weighted by Gasteiger charge is 2.28. The summed E-state index contributed by atoms with van der Waals surface area (Å²) in [5.41, 5.74) is 1.13. The van der Waals surface area contributed by atoms with Crippen LogP contribution in [0.2, 0.25) is 0 Å². The average molecular weight is 387 g/mol. The minimum atomic E-state index is -0.339. The molecule has 2 heterocycles. The fourth-order valence-electron chi connectivity index (χ4n) is 3.26. The van der Waals surface area contributed by atoms with E-state index in [0.29, 0.717) is 22.9 Å². The largest absolute Gasteiger partial charge is 0.324 e. The predicted octanol–water partition coefficient (Wildman–Crippen LogP) is 2.02. The van der Waals surface area contributed by atoms with Gasteiger partial charge in [0.1, 0.15) is 6.54 Å². The number of carbonyl (C=O) groups is 1. The zero-order chi connectivity index (χ0) is 19.8. The SMILES string of the molecule is O=C(Cn1ncc2ccccc2c1=O)Nc1cccc(-c2nnnn2C2CC2)c1. The number of hydrogen-bond acceptors (Lipinski definition) is 6. The van der Waals surface area contributed by atoms with Gasteiger partial charge in [0.05, 0.1) is 17.6 Å². The van der Waals surface area contributed by atoms with Crippen molar-refractivity contribution in [3.8, 4) is 11.4 Å². The highest BCUT2D eigenvalue weighted by molar-refractivity contribution is 5.91. The highest BCUT2D eigenvalue weighted by atomic mass is 16.2. The molecule has 1 aliphatic rings. The van der Waals surface area contributed by atoms with Crippen molar-refractivity contribution in [2.75, 3.05) is 5.32 Å². The first kappa shape index (κ1) is 17.2. The minimum Gasteiger partial charge on any atom is -0.324 e. The van der Waals surface area contributed by atoms with Crippen LogP contribution in [0.4, 0.5) is 5.69 Å². The van der Waals surface area contributed by atoms with Crippen LogP contribution in [0.3, 0.4) is 0 Å². The molecule has 1 N–H and O–H groups in total. The van der Waals surface area contributed by atoms with Crippen LogP contribution in [0.15, 0.2) is 59.5 Å². The van der Waals surface area contributed by atoms with Crippen molar-refractivity contribution in [2.45, 2.75) is 25.4 Å². The molecule has 0 spiro atoms. The van der Waals surface area contributed by atoms with Crippen molar-refractivity contribution in [3.05, 3.63) is 65.1 Å². The molecule has 5 rings (SSSR count). The summed E-state index contributed by atoms with van der Waals surface area (Å²) >= 11 is 0. The molecule has 0 saturated heterocycles. The Balaban J connectivity index is 1.36. The summed E-state index contributed by atoms with van der Waals surface area (Å²) in [6.45, 7) is -0.173. The van der Waals surface area contributed by atoms with Crippen molar-refractivity contribution < 1.29 is 4.79 Å². The van der Waals surface area contributed by atoms with E-state index in [9.17, 15) is 9.59 Å². The van der Waals surface area contributed by atoms with E-state index in [-0.39, 0.29) is 18.0 Å². The van der Waals surface area contributed by atoms with E-state index in [0.717, 1.165) is 28.5 Å². The molecule has 1 fully saturated rings. The smallest absolute Gasteiger partial charge is 0.275 e. The average Bonchev–Trinajstić information content (AvgIpc) is 3.46. The van der Waals surface area contributed by atoms with Crippen LogP contribution in [0.1, 0.15) is 18.9 Å². The second kappa shape index (κ2) is 6.93. The Morgan fingerprint density at radius 1 is 1.14 bits per heavy atom. The first-order valence-corrected chi connectivity index (χ1v) is 9.32. The van der Waals surface area contributed by atoms with Crippen LogP contribution in [0.25, 0.3) is 22.2 Å². The lowest BCUT2D eigenvalue weighted by Gasteiger charge is -2.09. The molecule has 0 aliphatic heterocycles. The first-order chi connectivity index (χ1) is 14.2. The van der Waals surface area contributed by atoms with Gasteiger partial charge in [0.2, 0.25) is 5.91 Å². The second-order valence-electron chi connectivity index (χ2n) is 7.00. The molecule has 144 valence electrons. The summed E-state index contributed by atoms with van der Waals surface area (Å²) in [4.78, 5) is 25.0. The van der Waals surface area contributed by atoms with Crippen LogP contribution in [-0.4, -0.2) is 35.9 Å². The van der Waals surface area contributed by atoms with Gasteiger partial charge >= 0.3 is 0 Å². The zero-order valence-corrected chi connectivity index (χ0v) is 15.4. The molecule has 0 atom stereocenters. The van der Waals surface area contributed by atoms with Crippen LogP contribution in [0, 0.1) is 0 Å². The molecule has 2 aromatic heterocycles. The van der Waals surface area contributed by atoms with Crippen LogP contribution in [0.5, 0.6) is 0 Å². The van der Waals surface area contributed by atoms with Crippen molar-refractivity contribution in [1.82, 2.24) is 30.0 Å². The Labute approximate surface area is 165 Å². The van der Waals surface area contributed by atoms with Gasteiger partial charge in [-0.3, -0.25) is 9.59 Å². The van der Waals surface area contributed by atoms with E-state index in [1.54, 1.807) is 24.4 Å². The van der Waals surface area contributed by atoms with Crippen molar-refractivity contribution in [3.63, 3.8) is 0 Å². The number of aromatic nitrogens is 6. The Bertz CT molecular complexity index is 1270. The molecule has 29 heavy (non-hydrogen) atoms. The third-order valence-corrected chi connectivity index (χ3v) is 4.85. The monoisotopic (exact) mass is 387 g/mol. The number of carbonyl (C=O) groups excluding carboxylic acids is 1. The summed E-state index contributed by atoms with van der Waals surface area (Å²) < 4.78 is 2.98. The topological polar surface area (TPSA) is 108 Å². The first-order valence-electron chi connectivity index (χ1n) is 9.32. The second-order valence-corrected chi connectivity index (χ2v) is 7.00. The molecule has 0 unspecified atom stereocenters. The van der Waals surface area contributed by atoms with Gasteiger partial charge in [0.15, 0.2) is 5.82 Å². The lowest BCUT2D eigenvalue weighted by molar-refractivity contribution is -0.117. The zero-order valence-electron chi connectivity index (χ0n) is 15.4. The lowest BCUT2D eigenvalue weighted by atomic mass is 10.2. The molecule has 0 bridgehead atoms. The molecule has 1 saturated carbocycles. The number of nitrogens with zero attached hydrogens (tertiary/aromatic N) is 6. The van der Waals surface area contributed by atoms with E-state index in [2.05, 4.69) is 25.9 Å². The maximum atomic E-state index is 12.5. The van der Waals surface area contributed by atoms with E-state index in [1.165, 1.54) is 0 Å². The van der Waals surface area contributed by atoms with Crippen molar-refractivity contribution in [2.24, 2.45) is 0 Å².